The Morgan fingerprint density at radius 3 is 2.32 bits per heavy atom. The number of halogens is 2. The van der Waals surface area contributed by atoms with E-state index >= 15 is 0 Å². The second-order valence-corrected chi connectivity index (χ2v) is 5.27. The molecule has 0 aliphatic carbocycles. The number of esters is 1. The van der Waals surface area contributed by atoms with Gasteiger partial charge in [0, 0.05) is 10.0 Å². The molecule has 0 N–H and O–H groups in total. The van der Waals surface area contributed by atoms with E-state index in [9.17, 15) is 14.0 Å². The molecule has 6 heteroatoms. The van der Waals surface area contributed by atoms with Crippen molar-refractivity contribution in [2.24, 2.45) is 0 Å². The number of hydrogen-bond donors (Lipinski definition) is 0. The normalized spacial score (nSPS) is 10.1. The maximum Gasteiger partial charge on any atom is 0.338 e. The molecule has 0 bridgehead atoms. The Morgan fingerprint density at radius 2 is 1.73 bits per heavy atom. The smallest absolute Gasteiger partial charge is 0.338 e. The van der Waals surface area contributed by atoms with Crippen LogP contribution < -0.4 is 4.74 Å². The molecule has 0 heterocycles. The number of methoxy groups -OCH3 is 1. The molecular formula is C16H12BrFO4. The predicted molar refractivity (Wildman–Crippen MR) is 81.7 cm³/mol. The van der Waals surface area contributed by atoms with E-state index in [1.54, 1.807) is 24.3 Å². The van der Waals surface area contributed by atoms with Crippen molar-refractivity contribution >= 4 is 27.7 Å². The van der Waals surface area contributed by atoms with Gasteiger partial charge in [-0.15, -0.1) is 0 Å². The van der Waals surface area contributed by atoms with Crippen LogP contribution in [0, 0.1) is 5.82 Å². The lowest BCUT2D eigenvalue weighted by molar-refractivity contribution is 0.0474. The van der Waals surface area contributed by atoms with E-state index in [0.29, 0.717) is 5.56 Å². The molecule has 2 aromatic carbocycles. The first-order valence-corrected chi connectivity index (χ1v) is 7.10. The lowest BCUT2D eigenvalue weighted by Gasteiger charge is -2.06. The molecule has 0 saturated heterocycles. The zero-order valence-corrected chi connectivity index (χ0v) is 13.2. The quantitative estimate of drug-likeness (QED) is 0.598. The van der Waals surface area contributed by atoms with Crippen molar-refractivity contribution in [3.63, 3.8) is 0 Å². The van der Waals surface area contributed by atoms with Crippen LogP contribution in [0.15, 0.2) is 46.9 Å². The summed E-state index contributed by atoms with van der Waals surface area (Å²) in [6, 6.07) is 10.3. The summed E-state index contributed by atoms with van der Waals surface area (Å²) in [6.45, 7) is -0.458. The van der Waals surface area contributed by atoms with Crippen LogP contribution in [0.5, 0.6) is 5.75 Å². The number of carbonyl (C=O) groups is 2. The standard InChI is InChI=1S/C16H12BrFO4/c1-21-15-7-4-11(8-13(15)18)14(19)9-22-16(20)10-2-5-12(17)6-3-10/h2-8H,9H2,1H3. The van der Waals surface area contributed by atoms with Crippen molar-refractivity contribution in [1.29, 1.82) is 0 Å². The van der Waals surface area contributed by atoms with Gasteiger partial charge in [0.1, 0.15) is 0 Å². The zero-order valence-electron chi connectivity index (χ0n) is 11.6. The van der Waals surface area contributed by atoms with Crippen molar-refractivity contribution in [1.82, 2.24) is 0 Å². The van der Waals surface area contributed by atoms with E-state index in [-0.39, 0.29) is 11.3 Å². The molecule has 0 radical (unpaired) electrons. The summed E-state index contributed by atoms with van der Waals surface area (Å²) in [5.41, 5.74) is 0.443. The van der Waals surface area contributed by atoms with Gasteiger partial charge in [-0.3, -0.25) is 4.79 Å². The third-order valence-electron chi connectivity index (χ3n) is 2.89. The zero-order chi connectivity index (χ0) is 16.1. The van der Waals surface area contributed by atoms with Crippen LogP contribution >= 0.6 is 15.9 Å². The first-order valence-electron chi connectivity index (χ1n) is 6.30. The van der Waals surface area contributed by atoms with E-state index in [1.807, 2.05) is 0 Å². The average Bonchev–Trinajstić information content (AvgIpc) is 2.52. The fourth-order valence-corrected chi connectivity index (χ4v) is 1.99. The molecule has 2 rings (SSSR count). The molecule has 0 unspecified atom stereocenters. The van der Waals surface area contributed by atoms with Crippen LogP contribution in [0.4, 0.5) is 4.39 Å². The van der Waals surface area contributed by atoms with Crippen LogP contribution in [0.3, 0.4) is 0 Å². The van der Waals surface area contributed by atoms with Crippen LogP contribution in [0.2, 0.25) is 0 Å². The monoisotopic (exact) mass is 366 g/mol. The van der Waals surface area contributed by atoms with Gasteiger partial charge in [-0.25, -0.2) is 9.18 Å². The molecular weight excluding hydrogens is 355 g/mol. The molecule has 4 nitrogen and oxygen atoms in total. The summed E-state index contributed by atoms with van der Waals surface area (Å²) >= 11 is 3.25. The highest BCUT2D eigenvalue weighted by Gasteiger charge is 2.13. The van der Waals surface area contributed by atoms with Gasteiger partial charge in [0.2, 0.25) is 0 Å². The van der Waals surface area contributed by atoms with Crippen molar-refractivity contribution in [2.45, 2.75) is 0 Å². The molecule has 2 aromatic rings. The van der Waals surface area contributed by atoms with Gasteiger partial charge < -0.3 is 9.47 Å². The van der Waals surface area contributed by atoms with E-state index in [2.05, 4.69) is 15.9 Å². The van der Waals surface area contributed by atoms with Gasteiger partial charge in [0.05, 0.1) is 12.7 Å². The number of Topliss-reactive ketones (excluding diaryl/α,β-unsaturated/α-hetero) is 1. The Hall–Kier alpha value is -2.21. The highest BCUT2D eigenvalue weighted by Crippen LogP contribution is 2.18. The third-order valence-corrected chi connectivity index (χ3v) is 3.42. The highest BCUT2D eigenvalue weighted by molar-refractivity contribution is 9.10. The van der Waals surface area contributed by atoms with Gasteiger partial charge >= 0.3 is 5.97 Å². The molecule has 0 aromatic heterocycles. The molecule has 0 amide bonds. The lowest BCUT2D eigenvalue weighted by atomic mass is 10.1. The van der Waals surface area contributed by atoms with Gasteiger partial charge in [-0.2, -0.15) is 0 Å². The molecule has 0 aliphatic rings. The maximum atomic E-state index is 13.5. The fourth-order valence-electron chi connectivity index (χ4n) is 1.72. The minimum atomic E-state index is -0.646. The Balaban J connectivity index is 1.99. The fraction of sp³-hybridized carbons (Fsp3) is 0.125. The molecule has 0 fully saturated rings. The molecule has 0 saturated carbocycles. The number of hydrogen-bond acceptors (Lipinski definition) is 4. The first-order chi connectivity index (χ1) is 10.5. The second kappa shape index (κ2) is 7.17. The van der Waals surface area contributed by atoms with Crippen LogP contribution in [-0.2, 0) is 4.74 Å². The van der Waals surface area contributed by atoms with Gasteiger partial charge in [0.15, 0.2) is 24.0 Å². The first kappa shape index (κ1) is 16.2. The van der Waals surface area contributed by atoms with Crippen LogP contribution in [0.25, 0.3) is 0 Å². The van der Waals surface area contributed by atoms with E-state index in [1.165, 1.54) is 19.2 Å². The Morgan fingerprint density at radius 1 is 1.09 bits per heavy atom. The number of ether oxygens (including phenoxy) is 2. The summed E-state index contributed by atoms with van der Waals surface area (Å²) in [6.07, 6.45) is 0. The van der Waals surface area contributed by atoms with Crippen molar-refractivity contribution in [3.05, 3.63) is 63.9 Å². The van der Waals surface area contributed by atoms with Gasteiger partial charge in [0.25, 0.3) is 0 Å². The number of benzene rings is 2. The lowest BCUT2D eigenvalue weighted by Crippen LogP contribution is -2.14. The van der Waals surface area contributed by atoms with Crippen molar-refractivity contribution < 1.29 is 23.5 Å². The topological polar surface area (TPSA) is 52.6 Å². The molecule has 0 spiro atoms. The van der Waals surface area contributed by atoms with E-state index in [0.717, 1.165) is 10.5 Å². The minimum Gasteiger partial charge on any atom is -0.494 e. The van der Waals surface area contributed by atoms with Gasteiger partial charge in [-0.1, -0.05) is 15.9 Å². The van der Waals surface area contributed by atoms with E-state index < -0.39 is 24.2 Å². The summed E-state index contributed by atoms with van der Waals surface area (Å²) in [7, 11) is 1.33. The van der Waals surface area contributed by atoms with Gasteiger partial charge in [-0.05, 0) is 42.5 Å². The molecule has 0 atom stereocenters. The molecule has 114 valence electrons. The highest BCUT2D eigenvalue weighted by atomic mass is 79.9. The SMILES string of the molecule is COc1ccc(C(=O)COC(=O)c2ccc(Br)cc2)cc1F. The minimum absolute atomic E-state index is 0.0448. The Labute approximate surface area is 135 Å². The molecule has 0 aliphatic heterocycles. The van der Waals surface area contributed by atoms with Crippen LogP contribution in [0.1, 0.15) is 20.7 Å². The predicted octanol–water partition coefficient (Wildman–Crippen LogP) is 3.64. The third kappa shape index (κ3) is 3.92. The summed E-state index contributed by atoms with van der Waals surface area (Å²) in [5.74, 6) is -1.71. The summed E-state index contributed by atoms with van der Waals surface area (Å²) < 4.78 is 24.0. The second-order valence-electron chi connectivity index (χ2n) is 4.36. The summed E-state index contributed by atoms with van der Waals surface area (Å²) in [4.78, 5) is 23.7. The number of carbonyl (C=O) groups excluding carboxylic acids is 2. The van der Waals surface area contributed by atoms with E-state index in [4.69, 9.17) is 9.47 Å². The van der Waals surface area contributed by atoms with Crippen molar-refractivity contribution in [3.8, 4) is 5.75 Å². The summed E-state index contributed by atoms with van der Waals surface area (Å²) in [5, 5.41) is 0. The largest absolute Gasteiger partial charge is 0.494 e. The number of rotatable bonds is 5. The average molecular weight is 367 g/mol. The Kier molecular flexibility index (Phi) is 5.27. The molecule has 22 heavy (non-hydrogen) atoms. The number of ketones is 1. The van der Waals surface area contributed by atoms with Crippen molar-refractivity contribution in [2.75, 3.05) is 13.7 Å². The Bertz CT molecular complexity index is 698. The maximum absolute atomic E-state index is 13.5. The van der Waals surface area contributed by atoms with Crippen LogP contribution in [-0.4, -0.2) is 25.5 Å².